The van der Waals surface area contributed by atoms with Crippen molar-refractivity contribution in [1.82, 2.24) is 10.2 Å². The summed E-state index contributed by atoms with van der Waals surface area (Å²) in [6.07, 6.45) is 1.57. The Balaban J connectivity index is 1.98. The summed E-state index contributed by atoms with van der Waals surface area (Å²) in [5.41, 5.74) is -0.397. The number of likely N-dealkylation sites (tertiary alicyclic amines) is 1. The van der Waals surface area contributed by atoms with Gasteiger partial charge in [-0.25, -0.2) is 4.79 Å². The SMILES string of the molecule is O=C(O)N1CCC2(CC1)C[C@H](CCO)NC2=O. The third-order valence-corrected chi connectivity index (χ3v) is 3.92. The van der Waals surface area contributed by atoms with Crippen molar-refractivity contribution in [3.63, 3.8) is 0 Å². The molecule has 0 aliphatic carbocycles. The van der Waals surface area contributed by atoms with E-state index in [4.69, 9.17) is 10.2 Å². The van der Waals surface area contributed by atoms with E-state index in [0.717, 1.165) is 6.42 Å². The van der Waals surface area contributed by atoms with Gasteiger partial charge in [0, 0.05) is 25.7 Å². The minimum Gasteiger partial charge on any atom is -0.465 e. The van der Waals surface area contributed by atoms with Crippen LogP contribution in [0.1, 0.15) is 25.7 Å². The smallest absolute Gasteiger partial charge is 0.407 e. The normalized spacial score (nSPS) is 27.2. The third kappa shape index (κ3) is 2.22. The van der Waals surface area contributed by atoms with Gasteiger partial charge < -0.3 is 20.4 Å². The molecule has 1 atom stereocenters. The molecule has 0 aromatic carbocycles. The van der Waals surface area contributed by atoms with Gasteiger partial charge >= 0.3 is 6.09 Å². The summed E-state index contributed by atoms with van der Waals surface area (Å²) in [4.78, 5) is 24.1. The average Bonchev–Trinajstić information content (AvgIpc) is 2.57. The lowest BCUT2D eigenvalue weighted by atomic mass is 9.76. The highest BCUT2D eigenvalue weighted by molar-refractivity contribution is 5.85. The van der Waals surface area contributed by atoms with Crippen molar-refractivity contribution in [2.75, 3.05) is 19.7 Å². The van der Waals surface area contributed by atoms with Crippen LogP contribution in [0.3, 0.4) is 0 Å². The fraction of sp³-hybridized carbons (Fsp3) is 0.818. The van der Waals surface area contributed by atoms with Crippen molar-refractivity contribution in [1.29, 1.82) is 0 Å². The van der Waals surface area contributed by atoms with Crippen molar-refractivity contribution < 1.29 is 19.8 Å². The molecular weight excluding hydrogens is 224 g/mol. The molecule has 17 heavy (non-hydrogen) atoms. The molecule has 0 saturated carbocycles. The van der Waals surface area contributed by atoms with Gasteiger partial charge in [-0.1, -0.05) is 0 Å². The summed E-state index contributed by atoms with van der Waals surface area (Å²) < 4.78 is 0. The third-order valence-electron chi connectivity index (χ3n) is 3.92. The van der Waals surface area contributed by atoms with E-state index in [1.54, 1.807) is 0 Å². The van der Waals surface area contributed by atoms with Gasteiger partial charge in [0.25, 0.3) is 0 Å². The molecule has 6 heteroatoms. The Kier molecular flexibility index (Phi) is 3.24. The van der Waals surface area contributed by atoms with Gasteiger partial charge in [0.15, 0.2) is 0 Å². The second-order valence-corrected chi connectivity index (χ2v) is 4.94. The molecule has 3 N–H and O–H groups in total. The summed E-state index contributed by atoms with van der Waals surface area (Å²) in [5.74, 6) is 0.0287. The maximum Gasteiger partial charge on any atom is 0.407 e. The Morgan fingerprint density at radius 2 is 2.12 bits per heavy atom. The van der Waals surface area contributed by atoms with E-state index in [9.17, 15) is 9.59 Å². The van der Waals surface area contributed by atoms with Gasteiger partial charge in [-0.05, 0) is 25.7 Å². The van der Waals surface area contributed by atoms with Crippen LogP contribution in [0.15, 0.2) is 0 Å². The predicted molar refractivity (Wildman–Crippen MR) is 59.5 cm³/mol. The van der Waals surface area contributed by atoms with E-state index in [1.807, 2.05) is 0 Å². The van der Waals surface area contributed by atoms with E-state index in [1.165, 1.54) is 4.90 Å². The van der Waals surface area contributed by atoms with Crippen molar-refractivity contribution in [2.24, 2.45) is 5.41 Å². The molecule has 96 valence electrons. The Morgan fingerprint density at radius 1 is 1.47 bits per heavy atom. The van der Waals surface area contributed by atoms with Crippen molar-refractivity contribution in [2.45, 2.75) is 31.7 Å². The molecule has 2 heterocycles. The summed E-state index contributed by atoms with van der Waals surface area (Å²) >= 11 is 0. The second-order valence-electron chi connectivity index (χ2n) is 4.94. The number of piperidine rings is 1. The first-order valence-corrected chi connectivity index (χ1v) is 5.97. The molecule has 6 nitrogen and oxygen atoms in total. The van der Waals surface area contributed by atoms with Crippen LogP contribution in [0.5, 0.6) is 0 Å². The lowest BCUT2D eigenvalue weighted by Crippen LogP contribution is -2.45. The van der Waals surface area contributed by atoms with Crippen LogP contribution >= 0.6 is 0 Å². The van der Waals surface area contributed by atoms with Gasteiger partial charge in [-0.3, -0.25) is 4.79 Å². The molecule has 0 aromatic heterocycles. The van der Waals surface area contributed by atoms with Crippen LogP contribution in [0.4, 0.5) is 4.79 Å². The summed E-state index contributed by atoms with van der Waals surface area (Å²) in [5, 5.41) is 20.6. The largest absolute Gasteiger partial charge is 0.465 e. The van der Waals surface area contributed by atoms with Crippen molar-refractivity contribution in [3.8, 4) is 0 Å². The number of rotatable bonds is 2. The van der Waals surface area contributed by atoms with Crippen LogP contribution < -0.4 is 5.32 Å². The zero-order valence-corrected chi connectivity index (χ0v) is 9.69. The number of aliphatic hydroxyl groups is 1. The number of hydrogen-bond acceptors (Lipinski definition) is 3. The molecule has 2 aliphatic heterocycles. The summed E-state index contributed by atoms with van der Waals surface area (Å²) in [6.45, 7) is 0.922. The van der Waals surface area contributed by atoms with Gasteiger partial charge in [-0.15, -0.1) is 0 Å². The maximum absolute atomic E-state index is 12.0. The Labute approximate surface area is 99.6 Å². The standard InChI is InChI=1S/C11H18N2O4/c14-6-1-8-7-11(9(15)12-8)2-4-13(5-3-11)10(16)17/h8,14H,1-7H2,(H,12,15)(H,16,17)/t8-/m0/s1. The van der Waals surface area contributed by atoms with Crippen LogP contribution in [0, 0.1) is 5.41 Å². The van der Waals surface area contributed by atoms with Crippen LogP contribution in [-0.4, -0.2) is 52.9 Å². The minimum atomic E-state index is -0.912. The number of hydrogen-bond donors (Lipinski definition) is 3. The minimum absolute atomic E-state index is 0.0287. The molecule has 2 saturated heterocycles. The predicted octanol–water partition coefficient (Wildman–Crippen LogP) is 0.0175. The molecule has 0 unspecified atom stereocenters. The number of nitrogens with zero attached hydrogens (tertiary/aromatic N) is 1. The van der Waals surface area contributed by atoms with Gasteiger partial charge in [0.05, 0.1) is 5.41 Å². The first-order chi connectivity index (χ1) is 8.07. The zero-order valence-electron chi connectivity index (χ0n) is 9.69. The second kappa shape index (κ2) is 4.52. The van der Waals surface area contributed by atoms with E-state index in [2.05, 4.69) is 5.32 Å². The number of aliphatic hydroxyl groups excluding tert-OH is 1. The number of carbonyl (C=O) groups is 2. The lowest BCUT2D eigenvalue weighted by molar-refractivity contribution is -0.129. The number of carbonyl (C=O) groups excluding carboxylic acids is 1. The molecule has 2 rings (SSSR count). The fourth-order valence-electron chi connectivity index (χ4n) is 2.84. The first-order valence-electron chi connectivity index (χ1n) is 5.97. The highest BCUT2D eigenvalue weighted by Crippen LogP contribution is 2.40. The van der Waals surface area contributed by atoms with Crippen LogP contribution in [0.2, 0.25) is 0 Å². The van der Waals surface area contributed by atoms with E-state index >= 15 is 0 Å². The molecule has 0 bridgehead atoms. The fourth-order valence-corrected chi connectivity index (χ4v) is 2.84. The Hall–Kier alpha value is -1.30. The number of carboxylic acid groups (broad SMARTS) is 1. The zero-order chi connectivity index (χ0) is 12.5. The maximum atomic E-state index is 12.0. The summed E-state index contributed by atoms with van der Waals surface area (Å²) in [6, 6.07) is 0.0453. The Morgan fingerprint density at radius 3 is 2.65 bits per heavy atom. The van der Waals surface area contributed by atoms with Crippen LogP contribution in [0.25, 0.3) is 0 Å². The molecular formula is C11H18N2O4. The van der Waals surface area contributed by atoms with Gasteiger partial charge in [0.2, 0.25) is 5.91 Å². The highest BCUT2D eigenvalue weighted by atomic mass is 16.4. The molecule has 0 aromatic rings. The molecule has 1 spiro atoms. The monoisotopic (exact) mass is 242 g/mol. The van der Waals surface area contributed by atoms with Gasteiger partial charge in [-0.2, -0.15) is 0 Å². The Bertz CT molecular complexity index is 323. The van der Waals surface area contributed by atoms with E-state index in [0.29, 0.717) is 32.4 Å². The molecule has 2 fully saturated rings. The molecule has 0 radical (unpaired) electrons. The van der Waals surface area contributed by atoms with Crippen molar-refractivity contribution in [3.05, 3.63) is 0 Å². The average molecular weight is 242 g/mol. The van der Waals surface area contributed by atoms with E-state index < -0.39 is 11.5 Å². The van der Waals surface area contributed by atoms with E-state index in [-0.39, 0.29) is 18.6 Å². The number of nitrogens with one attached hydrogen (secondary N) is 1. The summed E-state index contributed by atoms with van der Waals surface area (Å²) in [7, 11) is 0. The highest BCUT2D eigenvalue weighted by Gasteiger charge is 2.48. The van der Waals surface area contributed by atoms with Crippen molar-refractivity contribution >= 4 is 12.0 Å². The van der Waals surface area contributed by atoms with Gasteiger partial charge in [0.1, 0.15) is 0 Å². The number of amides is 2. The molecule has 2 amide bonds. The first kappa shape index (κ1) is 12.2. The topological polar surface area (TPSA) is 89.9 Å². The van der Waals surface area contributed by atoms with Crippen LogP contribution in [-0.2, 0) is 4.79 Å². The lowest BCUT2D eigenvalue weighted by Gasteiger charge is -2.36. The quantitative estimate of drug-likeness (QED) is 0.636. The molecule has 2 aliphatic rings.